The Bertz CT molecular complexity index is 728. The normalized spacial score (nSPS) is 11.2. The van der Waals surface area contributed by atoms with E-state index in [9.17, 15) is 8.42 Å². The molecule has 0 aliphatic heterocycles. The van der Waals surface area contributed by atoms with Crippen LogP contribution in [0, 0.1) is 18.3 Å². The molecule has 2 aromatic rings. The molecule has 1 N–H and O–H groups in total. The van der Waals surface area contributed by atoms with E-state index in [2.05, 4.69) is 9.71 Å². The molecule has 0 saturated heterocycles. The number of nitrogens with zero attached hydrogens (tertiary/aromatic N) is 2. The molecule has 0 bridgehead atoms. The molecule has 0 aliphatic rings. The third kappa shape index (κ3) is 3.87. The molecule has 1 aromatic heterocycles. The first-order valence-electron chi connectivity index (χ1n) is 5.85. The van der Waals surface area contributed by atoms with E-state index >= 15 is 0 Å². The molecule has 104 valence electrons. The number of hydrogen-bond donors (Lipinski definition) is 1. The van der Waals surface area contributed by atoms with Crippen molar-refractivity contribution in [1.29, 1.82) is 5.26 Å². The maximum atomic E-state index is 12.0. The summed E-state index contributed by atoms with van der Waals surface area (Å²) >= 11 is 1.43. The van der Waals surface area contributed by atoms with Crippen molar-refractivity contribution in [2.24, 2.45) is 0 Å². The van der Waals surface area contributed by atoms with Crippen LogP contribution in [0.4, 0.5) is 0 Å². The first-order valence-corrected chi connectivity index (χ1v) is 8.39. The van der Waals surface area contributed by atoms with Crippen LogP contribution in [-0.4, -0.2) is 13.4 Å². The number of nitrogens with one attached hydrogen (secondary N) is 1. The van der Waals surface area contributed by atoms with Crippen LogP contribution in [0.3, 0.4) is 0 Å². The van der Waals surface area contributed by atoms with Gasteiger partial charge in [-0.2, -0.15) is 5.26 Å². The monoisotopic (exact) mass is 307 g/mol. The smallest absolute Gasteiger partial charge is 0.216 e. The Hall–Kier alpha value is -1.75. The molecule has 0 unspecified atom stereocenters. The molecule has 1 aromatic carbocycles. The van der Waals surface area contributed by atoms with Gasteiger partial charge in [0, 0.05) is 11.4 Å². The topological polar surface area (TPSA) is 82.8 Å². The molecule has 5 nitrogen and oxygen atoms in total. The first-order chi connectivity index (χ1) is 9.50. The van der Waals surface area contributed by atoms with E-state index < -0.39 is 10.0 Å². The van der Waals surface area contributed by atoms with Gasteiger partial charge in [-0.15, -0.1) is 11.3 Å². The molecule has 20 heavy (non-hydrogen) atoms. The Kier molecular flexibility index (Phi) is 4.49. The molecule has 0 amide bonds. The lowest BCUT2D eigenvalue weighted by Crippen LogP contribution is -2.24. The van der Waals surface area contributed by atoms with Gasteiger partial charge in [0.1, 0.15) is 0 Å². The largest absolute Gasteiger partial charge is 0.250 e. The van der Waals surface area contributed by atoms with E-state index in [1.165, 1.54) is 11.3 Å². The SMILES string of the molecule is Cc1ncsc1CNS(=O)(=O)Cc1ccc(C#N)cc1. The van der Waals surface area contributed by atoms with Crippen molar-refractivity contribution >= 4 is 21.4 Å². The summed E-state index contributed by atoms with van der Waals surface area (Å²) < 4.78 is 26.5. The predicted octanol–water partition coefficient (Wildman–Crippen LogP) is 1.94. The van der Waals surface area contributed by atoms with E-state index in [-0.39, 0.29) is 12.3 Å². The summed E-state index contributed by atoms with van der Waals surface area (Å²) in [4.78, 5) is 4.98. The van der Waals surface area contributed by atoms with Crippen molar-refractivity contribution in [1.82, 2.24) is 9.71 Å². The second kappa shape index (κ2) is 6.13. The molecule has 0 radical (unpaired) electrons. The van der Waals surface area contributed by atoms with Gasteiger partial charge in [0.2, 0.25) is 10.0 Å². The summed E-state index contributed by atoms with van der Waals surface area (Å²) in [5.41, 5.74) is 3.70. The lowest BCUT2D eigenvalue weighted by atomic mass is 10.2. The highest BCUT2D eigenvalue weighted by Crippen LogP contribution is 2.13. The summed E-state index contributed by atoms with van der Waals surface area (Å²) in [6.07, 6.45) is 0. The highest BCUT2D eigenvalue weighted by atomic mass is 32.2. The summed E-state index contributed by atoms with van der Waals surface area (Å²) in [5.74, 6) is -0.101. The lowest BCUT2D eigenvalue weighted by molar-refractivity contribution is 0.581. The maximum Gasteiger partial charge on any atom is 0.216 e. The molecule has 0 fully saturated rings. The fourth-order valence-corrected chi connectivity index (χ4v) is 3.52. The minimum Gasteiger partial charge on any atom is -0.250 e. The van der Waals surface area contributed by atoms with Gasteiger partial charge in [0.05, 0.1) is 28.6 Å². The summed E-state index contributed by atoms with van der Waals surface area (Å²) in [5, 5.41) is 8.69. The van der Waals surface area contributed by atoms with Crippen LogP contribution in [0.2, 0.25) is 0 Å². The minimum absolute atomic E-state index is 0.101. The first kappa shape index (κ1) is 14.7. The number of thiazole rings is 1. The number of aromatic nitrogens is 1. The second-order valence-electron chi connectivity index (χ2n) is 4.25. The average Bonchev–Trinajstić information content (AvgIpc) is 2.83. The Morgan fingerprint density at radius 2 is 2.05 bits per heavy atom. The predicted molar refractivity (Wildman–Crippen MR) is 77.5 cm³/mol. The zero-order valence-electron chi connectivity index (χ0n) is 10.8. The van der Waals surface area contributed by atoms with E-state index in [4.69, 9.17) is 5.26 Å². The molecule has 7 heteroatoms. The Labute approximate surface area is 122 Å². The quantitative estimate of drug-likeness (QED) is 0.915. The Balaban J connectivity index is 2.00. The van der Waals surface area contributed by atoms with Gasteiger partial charge in [-0.25, -0.2) is 18.1 Å². The highest BCUT2D eigenvalue weighted by Gasteiger charge is 2.12. The van der Waals surface area contributed by atoms with Crippen LogP contribution < -0.4 is 4.72 Å². The van der Waals surface area contributed by atoms with Crippen molar-refractivity contribution in [2.45, 2.75) is 19.2 Å². The zero-order valence-corrected chi connectivity index (χ0v) is 12.5. The van der Waals surface area contributed by atoms with E-state index in [1.807, 2.05) is 13.0 Å². The minimum atomic E-state index is -3.40. The summed E-state index contributed by atoms with van der Waals surface area (Å²) in [6, 6.07) is 8.51. The van der Waals surface area contributed by atoms with E-state index in [0.29, 0.717) is 11.1 Å². The highest BCUT2D eigenvalue weighted by molar-refractivity contribution is 7.88. The average molecular weight is 307 g/mol. The van der Waals surface area contributed by atoms with E-state index in [0.717, 1.165) is 10.6 Å². The molecule has 1 heterocycles. The number of nitriles is 1. The van der Waals surface area contributed by atoms with Crippen LogP contribution in [0.25, 0.3) is 0 Å². The van der Waals surface area contributed by atoms with Crippen molar-refractivity contribution < 1.29 is 8.42 Å². The van der Waals surface area contributed by atoms with Crippen LogP contribution >= 0.6 is 11.3 Å². The van der Waals surface area contributed by atoms with Crippen molar-refractivity contribution in [3.05, 3.63) is 51.5 Å². The molecule has 0 aliphatic carbocycles. The maximum absolute atomic E-state index is 12.0. The van der Waals surface area contributed by atoms with Crippen molar-refractivity contribution in [3.8, 4) is 6.07 Å². The molecular weight excluding hydrogens is 294 g/mol. The number of sulfonamides is 1. The van der Waals surface area contributed by atoms with Crippen LogP contribution in [0.15, 0.2) is 29.8 Å². The number of aryl methyl sites for hydroxylation is 1. The van der Waals surface area contributed by atoms with Crippen LogP contribution in [-0.2, 0) is 22.3 Å². The van der Waals surface area contributed by atoms with Crippen molar-refractivity contribution in [3.63, 3.8) is 0 Å². The van der Waals surface area contributed by atoms with Crippen LogP contribution in [0.1, 0.15) is 21.7 Å². The number of rotatable bonds is 5. The van der Waals surface area contributed by atoms with Gasteiger partial charge in [0.25, 0.3) is 0 Å². The number of hydrogen-bond acceptors (Lipinski definition) is 5. The zero-order chi connectivity index (χ0) is 14.6. The third-order valence-corrected chi connectivity index (χ3v) is 4.97. The fourth-order valence-electron chi connectivity index (χ4n) is 1.62. The fraction of sp³-hybridized carbons (Fsp3) is 0.231. The summed E-state index contributed by atoms with van der Waals surface area (Å²) in [6.45, 7) is 2.11. The molecular formula is C13H13N3O2S2. The Morgan fingerprint density at radius 1 is 1.35 bits per heavy atom. The van der Waals surface area contributed by atoms with Gasteiger partial charge in [-0.3, -0.25) is 0 Å². The van der Waals surface area contributed by atoms with Gasteiger partial charge < -0.3 is 0 Å². The number of benzene rings is 1. The Morgan fingerprint density at radius 3 is 2.60 bits per heavy atom. The van der Waals surface area contributed by atoms with Crippen LogP contribution in [0.5, 0.6) is 0 Å². The van der Waals surface area contributed by atoms with Gasteiger partial charge in [-0.05, 0) is 24.6 Å². The van der Waals surface area contributed by atoms with Gasteiger partial charge >= 0.3 is 0 Å². The molecule has 0 spiro atoms. The summed E-state index contributed by atoms with van der Waals surface area (Å²) in [7, 11) is -3.40. The van der Waals surface area contributed by atoms with Crippen molar-refractivity contribution in [2.75, 3.05) is 0 Å². The van der Waals surface area contributed by atoms with Gasteiger partial charge in [0.15, 0.2) is 0 Å². The lowest BCUT2D eigenvalue weighted by Gasteiger charge is -2.06. The molecule has 0 atom stereocenters. The van der Waals surface area contributed by atoms with Gasteiger partial charge in [-0.1, -0.05) is 12.1 Å². The standard InChI is InChI=1S/C13H13N3O2S2/c1-10-13(19-9-15-10)7-16-20(17,18)8-12-4-2-11(6-14)3-5-12/h2-5,9,16H,7-8H2,1H3. The second-order valence-corrected chi connectivity index (χ2v) is 7.00. The third-order valence-electron chi connectivity index (χ3n) is 2.74. The molecule has 0 saturated carbocycles. The van der Waals surface area contributed by atoms with E-state index in [1.54, 1.807) is 29.8 Å². The molecule has 2 rings (SSSR count).